The SMILES string of the molecule is CC1CCN(C(=O)CN2CCN(C(=O)c3ccco3)CC2)CC1. The van der Waals surface area contributed by atoms with Crippen LogP contribution in [0, 0.1) is 5.92 Å². The summed E-state index contributed by atoms with van der Waals surface area (Å²) in [6.07, 6.45) is 3.73. The zero-order chi connectivity index (χ0) is 16.2. The molecule has 2 saturated heterocycles. The highest BCUT2D eigenvalue weighted by Gasteiger charge is 2.26. The highest BCUT2D eigenvalue weighted by Crippen LogP contribution is 2.16. The number of hydrogen-bond donors (Lipinski definition) is 0. The van der Waals surface area contributed by atoms with Crippen molar-refractivity contribution in [3.05, 3.63) is 24.2 Å². The zero-order valence-corrected chi connectivity index (χ0v) is 13.7. The van der Waals surface area contributed by atoms with Crippen LogP contribution in [0.1, 0.15) is 30.3 Å². The lowest BCUT2D eigenvalue weighted by Gasteiger charge is -2.36. The van der Waals surface area contributed by atoms with E-state index in [1.54, 1.807) is 17.0 Å². The molecule has 0 unspecified atom stereocenters. The topological polar surface area (TPSA) is 57.0 Å². The molecule has 126 valence electrons. The Hall–Kier alpha value is -1.82. The van der Waals surface area contributed by atoms with Crippen molar-refractivity contribution in [3.8, 4) is 0 Å². The number of carbonyl (C=O) groups excluding carboxylic acids is 2. The molecule has 1 aromatic heterocycles. The van der Waals surface area contributed by atoms with Crippen molar-refractivity contribution in [2.75, 3.05) is 45.8 Å². The first-order valence-electron chi connectivity index (χ1n) is 8.46. The minimum Gasteiger partial charge on any atom is -0.459 e. The third-order valence-corrected chi connectivity index (χ3v) is 4.89. The van der Waals surface area contributed by atoms with Gasteiger partial charge >= 0.3 is 0 Å². The van der Waals surface area contributed by atoms with E-state index < -0.39 is 0 Å². The van der Waals surface area contributed by atoms with Crippen molar-refractivity contribution in [1.29, 1.82) is 0 Å². The van der Waals surface area contributed by atoms with Gasteiger partial charge in [-0.15, -0.1) is 0 Å². The van der Waals surface area contributed by atoms with E-state index in [4.69, 9.17) is 4.42 Å². The molecule has 0 radical (unpaired) electrons. The molecule has 0 saturated carbocycles. The van der Waals surface area contributed by atoms with E-state index >= 15 is 0 Å². The van der Waals surface area contributed by atoms with Gasteiger partial charge in [0, 0.05) is 39.3 Å². The van der Waals surface area contributed by atoms with Crippen LogP contribution in [0.5, 0.6) is 0 Å². The summed E-state index contributed by atoms with van der Waals surface area (Å²) in [5.41, 5.74) is 0. The molecule has 23 heavy (non-hydrogen) atoms. The van der Waals surface area contributed by atoms with E-state index in [9.17, 15) is 9.59 Å². The number of piperidine rings is 1. The summed E-state index contributed by atoms with van der Waals surface area (Å²) in [6, 6.07) is 3.41. The van der Waals surface area contributed by atoms with Gasteiger partial charge in [-0.2, -0.15) is 0 Å². The fourth-order valence-corrected chi connectivity index (χ4v) is 3.21. The molecule has 0 spiro atoms. The molecule has 3 heterocycles. The van der Waals surface area contributed by atoms with Crippen molar-refractivity contribution in [3.63, 3.8) is 0 Å². The van der Waals surface area contributed by atoms with Gasteiger partial charge < -0.3 is 14.2 Å². The summed E-state index contributed by atoms with van der Waals surface area (Å²) >= 11 is 0. The van der Waals surface area contributed by atoms with Gasteiger partial charge in [-0.25, -0.2) is 0 Å². The second kappa shape index (κ2) is 7.17. The Balaban J connectivity index is 1.44. The van der Waals surface area contributed by atoms with Crippen molar-refractivity contribution in [2.45, 2.75) is 19.8 Å². The molecular weight excluding hydrogens is 294 g/mol. The van der Waals surface area contributed by atoms with Crippen molar-refractivity contribution in [2.24, 2.45) is 5.92 Å². The minimum atomic E-state index is -0.0639. The van der Waals surface area contributed by atoms with Gasteiger partial charge in [0.05, 0.1) is 12.8 Å². The quantitative estimate of drug-likeness (QED) is 0.842. The number of hydrogen-bond acceptors (Lipinski definition) is 4. The maximum Gasteiger partial charge on any atom is 0.289 e. The van der Waals surface area contributed by atoms with Gasteiger partial charge in [-0.05, 0) is 30.9 Å². The summed E-state index contributed by atoms with van der Waals surface area (Å²) in [5, 5.41) is 0. The van der Waals surface area contributed by atoms with Crippen LogP contribution in [0.4, 0.5) is 0 Å². The highest BCUT2D eigenvalue weighted by atomic mass is 16.3. The van der Waals surface area contributed by atoms with Crippen LogP contribution in [0.2, 0.25) is 0 Å². The Morgan fingerprint density at radius 3 is 2.39 bits per heavy atom. The Morgan fingerprint density at radius 1 is 1.09 bits per heavy atom. The Kier molecular flexibility index (Phi) is 5.00. The number of piperazine rings is 1. The summed E-state index contributed by atoms with van der Waals surface area (Å²) in [7, 11) is 0. The molecule has 2 aliphatic rings. The first kappa shape index (κ1) is 16.1. The highest BCUT2D eigenvalue weighted by molar-refractivity contribution is 5.91. The first-order valence-corrected chi connectivity index (χ1v) is 8.46. The molecule has 0 aromatic carbocycles. The molecule has 2 fully saturated rings. The van der Waals surface area contributed by atoms with E-state index in [0.29, 0.717) is 25.4 Å². The zero-order valence-electron chi connectivity index (χ0n) is 13.7. The maximum atomic E-state index is 12.4. The molecule has 6 heteroatoms. The van der Waals surface area contributed by atoms with E-state index in [0.717, 1.165) is 44.9 Å². The predicted octanol–water partition coefficient (Wildman–Crippen LogP) is 1.30. The van der Waals surface area contributed by atoms with E-state index in [1.165, 1.54) is 6.26 Å². The van der Waals surface area contributed by atoms with Crippen LogP contribution in [0.3, 0.4) is 0 Å². The first-order chi connectivity index (χ1) is 11.1. The van der Waals surface area contributed by atoms with Crippen molar-refractivity contribution >= 4 is 11.8 Å². The molecule has 0 N–H and O–H groups in total. The second-order valence-electron chi connectivity index (χ2n) is 6.61. The normalized spacial score (nSPS) is 20.7. The summed E-state index contributed by atoms with van der Waals surface area (Å²) in [4.78, 5) is 30.5. The number of nitrogens with zero attached hydrogens (tertiary/aromatic N) is 3. The van der Waals surface area contributed by atoms with Gasteiger partial charge in [-0.3, -0.25) is 14.5 Å². The van der Waals surface area contributed by atoms with Crippen LogP contribution >= 0.6 is 0 Å². The number of likely N-dealkylation sites (tertiary alicyclic amines) is 1. The molecule has 2 amide bonds. The van der Waals surface area contributed by atoms with Gasteiger partial charge in [0.25, 0.3) is 5.91 Å². The van der Waals surface area contributed by atoms with Gasteiger partial charge in [0.2, 0.25) is 5.91 Å². The van der Waals surface area contributed by atoms with Crippen molar-refractivity contribution in [1.82, 2.24) is 14.7 Å². The van der Waals surface area contributed by atoms with Crippen LogP contribution in [0.25, 0.3) is 0 Å². The Labute approximate surface area is 137 Å². The molecule has 0 bridgehead atoms. The monoisotopic (exact) mass is 319 g/mol. The van der Waals surface area contributed by atoms with Gasteiger partial charge in [-0.1, -0.05) is 6.92 Å². The van der Waals surface area contributed by atoms with Gasteiger partial charge in [0.15, 0.2) is 5.76 Å². The second-order valence-corrected chi connectivity index (χ2v) is 6.61. The van der Waals surface area contributed by atoms with Crippen molar-refractivity contribution < 1.29 is 14.0 Å². The molecule has 1 aromatic rings. The molecule has 0 aliphatic carbocycles. The number of amides is 2. The molecule has 2 aliphatic heterocycles. The third-order valence-electron chi connectivity index (χ3n) is 4.89. The van der Waals surface area contributed by atoms with E-state index in [2.05, 4.69) is 11.8 Å². The summed E-state index contributed by atoms with van der Waals surface area (Å²) in [6.45, 7) is 7.25. The summed E-state index contributed by atoms with van der Waals surface area (Å²) in [5.74, 6) is 1.28. The largest absolute Gasteiger partial charge is 0.459 e. The fraction of sp³-hybridized carbons (Fsp3) is 0.647. The average Bonchev–Trinajstić information content (AvgIpc) is 3.10. The number of furan rings is 1. The standard InChI is InChI=1S/C17H25N3O3/c1-14-4-6-19(7-5-14)16(21)13-18-8-10-20(11-9-18)17(22)15-3-2-12-23-15/h2-3,12,14H,4-11,13H2,1H3. The van der Waals surface area contributed by atoms with Crippen LogP contribution in [-0.2, 0) is 4.79 Å². The fourth-order valence-electron chi connectivity index (χ4n) is 3.21. The van der Waals surface area contributed by atoms with E-state index in [1.807, 2.05) is 4.90 Å². The molecule has 6 nitrogen and oxygen atoms in total. The summed E-state index contributed by atoms with van der Waals surface area (Å²) < 4.78 is 5.16. The lowest BCUT2D eigenvalue weighted by Crippen LogP contribution is -2.52. The predicted molar refractivity (Wildman–Crippen MR) is 86.0 cm³/mol. The number of rotatable bonds is 3. The Bertz CT molecular complexity index is 527. The molecule has 0 atom stereocenters. The lowest BCUT2D eigenvalue weighted by atomic mass is 9.99. The minimum absolute atomic E-state index is 0.0639. The van der Waals surface area contributed by atoms with Crippen LogP contribution < -0.4 is 0 Å². The van der Waals surface area contributed by atoms with Gasteiger partial charge in [0.1, 0.15) is 0 Å². The average molecular weight is 319 g/mol. The molecule has 3 rings (SSSR count). The van der Waals surface area contributed by atoms with Crippen LogP contribution in [-0.4, -0.2) is 72.3 Å². The molecular formula is C17H25N3O3. The maximum absolute atomic E-state index is 12.4. The van der Waals surface area contributed by atoms with Crippen LogP contribution in [0.15, 0.2) is 22.8 Å². The third kappa shape index (κ3) is 3.93. The Morgan fingerprint density at radius 2 is 1.78 bits per heavy atom. The lowest BCUT2D eigenvalue weighted by molar-refractivity contribution is -0.134. The van der Waals surface area contributed by atoms with E-state index in [-0.39, 0.29) is 11.8 Å². The number of carbonyl (C=O) groups is 2. The smallest absolute Gasteiger partial charge is 0.289 e.